The summed E-state index contributed by atoms with van der Waals surface area (Å²) in [6.07, 6.45) is 5.63. The Morgan fingerprint density at radius 2 is 1.91 bits per heavy atom. The Labute approximate surface area is 132 Å². The number of hydrogen-bond donors (Lipinski definition) is 2. The lowest BCUT2D eigenvalue weighted by Gasteiger charge is -2.22. The molecule has 2 aliphatic heterocycles. The molecule has 0 spiro atoms. The lowest BCUT2D eigenvalue weighted by Crippen LogP contribution is -2.44. The van der Waals surface area contributed by atoms with E-state index in [1.54, 1.807) is 0 Å². The fourth-order valence-corrected chi connectivity index (χ4v) is 3.19. The quantitative estimate of drug-likeness (QED) is 0.881. The summed E-state index contributed by atoms with van der Waals surface area (Å²) in [4.78, 5) is 12.2. The molecule has 0 radical (unpaired) electrons. The summed E-state index contributed by atoms with van der Waals surface area (Å²) >= 11 is 0. The first-order chi connectivity index (χ1) is 10.5. The third-order valence-corrected chi connectivity index (χ3v) is 4.21. The molecule has 5 heteroatoms. The van der Waals surface area contributed by atoms with Crippen LogP contribution < -0.4 is 15.5 Å². The summed E-state index contributed by atoms with van der Waals surface area (Å²) in [5, 5.41) is 4.94. The summed E-state index contributed by atoms with van der Waals surface area (Å²) in [5.74, 6) is 0.804. The number of anilines is 1. The van der Waals surface area contributed by atoms with Crippen LogP contribution in [-0.4, -0.2) is 29.7 Å². The average molecular weight is 303 g/mol. The van der Waals surface area contributed by atoms with Crippen molar-refractivity contribution in [3.63, 3.8) is 0 Å². The number of benzene rings is 1. The molecule has 2 N–H and O–H groups in total. The van der Waals surface area contributed by atoms with Crippen LogP contribution in [0.4, 0.5) is 10.5 Å². The van der Waals surface area contributed by atoms with E-state index in [2.05, 4.69) is 30.7 Å². The van der Waals surface area contributed by atoms with Crippen LogP contribution in [-0.2, 0) is 6.42 Å². The standard InChI is InChI=1S/C17H25N3O2/c1-17(2)12-13-8-7-9-14(15(13)22-17)18-16(21)19-20-10-5-3-4-6-11-20/h7-9H,3-6,10-12H2,1-2H3,(H2,18,19,21). The highest BCUT2D eigenvalue weighted by Crippen LogP contribution is 2.40. The first-order valence-electron chi connectivity index (χ1n) is 8.17. The molecule has 0 aromatic heterocycles. The third kappa shape index (κ3) is 3.53. The Kier molecular flexibility index (Phi) is 4.25. The molecule has 1 saturated heterocycles. The van der Waals surface area contributed by atoms with Crippen molar-refractivity contribution in [1.29, 1.82) is 0 Å². The normalized spacial score (nSPS) is 20.6. The minimum Gasteiger partial charge on any atom is -0.485 e. The van der Waals surface area contributed by atoms with Gasteiger partial charge in [-0.25, -0.2) is 9.80 Å². The van der Waals surface area contributed by atoms with Crippen LogP contribution in [0.2, 0.25) is 0 Å². The number of urea groups is 1. The van der Waals surface area contributed by atoms with Gasteiger partial charge in [0.25, 0.3) is 0 Å². The lowest BCUT2D eigenvalue weighted by atomic mass is 10.0. The first kappa shape index (κ1) is 15.2. The van der Waals surface area contributed by atoms with E-state index >= 15 is 0 Å². The van der Waals surface area contributed by atoms with E-state index < -0.39 is 0 Å². The second kappa shape index (κ2) is 6.16. The van der Waals surface area contributed by atoms with E-state index in [-0.39, 0.29) is 11.6 Å². The molecular weight excluding hydrogens is 278 g/mol. The van der Waals surface area contributed by atoms with Gasteiger partial charge in [0.15, 0.2) is 0 Å². The van der Waals surface area contributed by atoms with Crippen LogP contribution in [0, 0.1) is 0 Å². The van der Waals surface area contributed by atoms with E-state index in [1.165, 1.54) is 12.8 Å². The lowest BCUT2D eigenvalue weighted by molar-refractivity contribution is 0.139. The van der Waals surface area contributed by atoms with Crippen molar-refractivity contribution in [2.45, 2.75) is 51.6 Å². The maximum atomic E-state index is 12.2. The molecule has 2 heterocycles. The molecule has 1 aromatic rings. The third-order valence-electron chi connectivity index (χ3n) is 4.21. The number of hydrogen-bond acceptors (Lipinski definition) is 3. The fraction of sp³-hybridized carbons (Fsp3) is 0.588. The first-order valence-corrected chi connectivity index (χ1v) is 8.17. The molecule has 1 aromatic carbocycles. The maximum Gasteiger partial charge on any atom is 0.333 e. The van der Waals surface area contributed by atoms with Gasteiger partial charge in [-0.3, -0.25) is 5.43 Å². The van der Waals surface area contributed by atoms with Gasteiger partial charge in [0.1, 0.15) is 11.4 Å². The molecule has 2 aliphatic rings. The van der Waals surface area contributed by atoms with Crippen LogP contribution in [0.5, 0.6) is 5.75 Å². The van der Waals surface area contributed by atoms with Crippen LogP contribution >= 0.6 is 0 Å². The number of nitrogens with one attached hydrogen (secondary N) is 2. The summed E-state index contributed by atoms with van der Waals surface area (Å²) in [5.41, 5.74) is 4.64. The van der Waals surface area contributed by atoms with Gasteiger partial charge < -0.3 is 10.1 Å². The minimum atomic E-state index is -0.207. The van der Waals surface area contributed by atoms with E-state index in [0.717, 1.165) is 49.4 Å². The second-order valence-electron chi connectivity index (χ2n) is 6.80. The Balaban J connectivity index is 1.64. The maximum absolute atomic E-state index is 12.2. The van der Waals surface area contributed by atoms with Crippen LogP contribution in [0.25, 0.3) is 0 Å². The minimum absolute atomic E-state index is 0.191. The van der Waals surface area contributed by atoms with Crippen molar-refractivity contribution >= 4 is 11.7 Å². The van der Waals surface area contributed by atoms with Gasteiger partial charge in [-0.1, -0.05) is 25.0 Å². The highest BCUT2D eigenvalue weighted by atomic mass is 16.5. The number of rotatable bonds is 2. The topological polar surface area (TPSA) is 53.6 Å². The number of nitrogens with zero attached hydrogens (tertiary/aromatic N) is 1. The van der Waals surface area contributed by atoms with Gasteiger partial charge >= 0.3 is 6.03 Å². The number of carbonyl (C=O) groups excluding carboxylic acids is 1. The number of carbonyl (C=O) groups is 1. The van der Waals surface area contributed by atoms with Gasteiger partial charge in [0, 0.05) is 25.1 Å². The van der Waals surface area contributed by atoms with Crippen molar-refractivity contribution in [3.8, 4) is 5.75 Å². The summed E-state index contributed by atoms with van der Waals surface area (Å²) < 4.78 is 5.98. The average Bonchev–Trinajstić information content (AvgIpc) is 2.61. The van der Waals surface area contributed by atoms with E-state index in [1.807, 2.05) is 17.1 Å². The van der Waals surface area contributed by atoms with Crippen molar-refractivity contribution < 1.29 is 9.53 Å². The van der Waals surface area contributed by atoms with E-state index in [4.69, 9.17) is 4.74 Å². The van der Waals surface area contributed by atoms with Crippen molar-refractivity contribution in [2.75, 3.05) is 18.4 Å². The Hall–Kier alpha value is -1.75. The zero-order valence-corrected chi connectivity index (χ0v) is 13.4. The molecule has 0 saturated carbocycles. The number of fused-ring (bicyclic) bond motifs is 1. The fourth-order valence-electron chi connectivity index (χ4n) is 3.19. The van der Waals surface area contributed by atoms with Gasteiger partial charge in [-0.05, 0) is 32.8 Å². The summed E-state index contributed by atoms with van der Waals surface area (Å²) in [6.45, 7) is 5.97. The van der Waals surface area contributed by atoms with Crippen LogP contribution in [0.1, 0.15) is 45.1 Å². The van der Waals surface area contributed by atoms with E-state index in [0.29, 0.717) is 0 Å². The largest absolute Gasteiger partial charge is 0.485 e. The van der Waals surface area contributed by atoms with Gasteiger partial charge in [-0.15, -0.1) is 0 Å². The summed E-state index contributed by atoms with van der Waals surface area (Å²) in [6, 6.07) is 5.72. The SMILES string of the molecule is CC1(C)Cc2cccc(NC(=O)NN3CCCCCC3)c2O1. The molecule has 0 atom stereocenters. The van der Waals surface area contributed by atoms with Crippen LogP contribution in [0.3, 0.4) is 0 Å². The zero-order valence-electron chi connectivity index (χ0n) is 13.4. The number of amides is 2. The molecule has 120 valence electrons. The molecule has 3 rings (SSSR count). The van der Waals surface area contributed by atoms with Gasteiger partial charge in [-0.2, -0.15) is 0 Å². The highest BCUT2D eigenvalue weighted by Gasteiger charge is 2.32. The molecule has 1 fully saturated rings. The molecule has 2 amide bonds. The Bertz CT molecular complexity index is 549. The predicted molar refractivity (Wildman–Crippen MR) is 87.0 cm³/mol. The van der Waals surface area contributed by atoms with Crippen LogP contribution in [0.15, 0.2) is 18.2 Å². The zero-order chi connectivity index (χ0) is 15.6. The van der Waals surface area contributed by atoms with Crippen molar-refractivity contribution in [2.24, 2.45) is 0 Å². The molecule has 22 heavy (non-hydrogen) atoms. The number of ether oxygens (including phenoxy) is 1. The highest BCUT2D eigenvalue weighted by molar-refractivity contribution is 5.91. The van der Waals surface area contributed by atoms with Crippen molar-refractivity contribution in [1.82, 2.24) is 10.4 Å². The Morgan fingerprint density at radius 1 is 1.18 bits per heavy atom. The molecular formula is C17H25N3O2. The van der Waals surface area contributed by atoms with Crippen molar-refractivity contribution in [3.05, 3.63) is 23.8 Å². The number of hydrazine groups is 1. The monoisotopic (exact) mass is 303 g/mol. The molecule has 0 bridgehead atoms. The molecule has 0 unspecified atom stereocenters. The number of para-hydroxylation sites is 1. The molecule has 0 aliphatic carbocycles. The Morgan fingerprint density at radius 3 is 2.64 bits per heavy atom. The molecule has 5 nitrogen and oxygen atoms in total. The second-order valence-corrected chi connectivity index (χ2v) is 6.80. The predicted octanol–water partition coefficient (Wildman–Crippen LogP) is 3.31. The smallest absolute Gasteiger partial charge is 0.333 e. The van der Waals surface area contributed by atoms with E-state index in [9.17, 15) is 4.79 Å². The summed E-state index contributed by atoms with van der Waals surface area (Å²) in [7, 11) is 0. The van der Waals surface area contributed by atoms with Gasteiger partial charge in [0.05, 0.1) is 5.69 Å². The van der Waals surface area contributed by atoms with Gasteiger partial charge in [0.2, 0.25) is 0 Å².